The topological polar surface area (TPSA) is 79.7 Å². The molecule has 3 aromatic rings. The number of aliphatic hydroxyl groups is 1. The highest BCUT2D eigenvalue weighted by molar-refractivity contribution is 6.52. The molecule has 1 unspecified atom stereocenters. The van der Waals surface area contributed by atoms with E-state index in [1.165, 1.54) is 12.0 Å². The molecule has 1 atom stereocenters. The van der Waals surface area contributed by atoms with E-state index in [1.807, 2.05) is 39.0 Å². The van der Waals surface area contributed by atoms with E-state index in [0.29, 0.717) is 16.3 Å². The number of amides is 1. The Labute approximate surface area is 197 Å². The van der Waals surface area contributed by atoms with E-state index < -0.39 is 17.7 Å². The maximum absolute atomic E-state index is 13.3. The maximum atomic E-state index is 13.3. The maximum Gasteiger partial charge on any atom is 0.300 e. The highest BCUT2D eigenvalue weighted by atomic mass is 35.5. The number of halogens is 1. The number of rotatable bonds is 4. The van der Waals surface area contributed by atoms with E-state index >= 15 is 0 Å². The number of carbonyl (C=O) groups excluding carboxylic acids is 2. The molecule has 0 bridgehead atoms. The molecule has 0 radical (unpaired) electrons. The van der Waals surface area contributed by atoms with Crippen molar-refractivity contribution < 1.29 is 19.4 Å². The monoisotopic (exact) mass is 462 g/mol. The van der Waals surface area contributed by atoms with Gasteiger partial charge in [-0.15, -0.1) is 0 Å². The van der Waals surface area contributed by atoms with Crippen molar-refractivity contribution in [2.45, 2.75) is 26.8 Å². The van der Waals surface area contributed by atoms with Crippen LogP contribution >= 0.6 is 11.6 Å². The number of Topliss-reactive ketones (excluding diaryl/α,β-unsaturated/α-hetero) is 1. The van der Waals surface area contributed by atoms with Crippen LogP contribution in [0.1, 0.15) is 33.9 Å². The Balaban J connectivity index is 2.02. The Kier molecular flexibility index (Phi) is 5.95. The van der Waals surface area contributed by atoms with Crippen LogP contribution in [-0.4, -0.2) is 28.9 Å². The molecule has 6 nitrogen and oxygen atoms in total. The molecule has 7 heteroatoms. The zero-order valence-corrected chi connectivity index (χ0v) is 19.5. The molecular weight excluding hydrogens is 440 g/mol. The van der Waals surface area contributed by atoms with Gasteiger partial charge in [0.25, 0.3) is 11.7 Å². The third-order valence-corrected chi connectivity index (χ3v) is 5.98. The average molecular weight is 463 g/mol. The lowest BCUT2D eigenvalue weighted by Crippen LogP contribution is -2.30. The minimum absolute atomic E-state index is 0.0482. The van der Waals surface area contributed by atoms with E-state index in [0.717, 1.165) is 16.7 Å². The van der Waals surface area contributed by atoms with Gasteiger partial charge in [0.15, 0.2) is 0 Å². The molecule has 168 valence electrons. The summed E-state index contributed by atoms with van der Waals surface area (Å²) in [5, 5.41) is 11.7. The lowest BCUT2D eigenvalue weighted by Gasteiger charge is -2.27. The van der Waals surface area contributed by atoms with E-state index in [2.05, 4.69) is 4.98 Å². The van der Waals surface area contributed by atoms with Gasteiger partial charge in [-0.1, -0.05) is 35.4 Å². The largest absolute Gasteiger partial charge is 0.507 e. The number of hydrogen-bond donors (Lipinski definition) is 1. The number of ketones is 1. The predicted octanol–water partition coefficient (Wildman–Crippen LogP) is 5.30. The van der Waals surface area contributed by atoms with Crippen LogP contribution in [0, 0.1) is 20.8 Å². The van der Waals surface area contributed by atoms with Gasteiger partial charge in [0, 0.05) is 18.1 Å². The van der Waals surface area contributed by atoms with E-state index in [1.54, 1.807) is 36.7 Å². The third kappa shape index (κ3) is 3.87. The summed E-state index contributed by atoms with van der Waals surface area (Å²) >= 11 is 6.33. The SMILES string of the molecule is COc1c(Cl)cc(C)cc1/C(O)=C1\C(=O)C(=O)N(c2ccc(C)cc2C)C1c1cccnc1. The zero-order chi connectivity index (χ0) is 23.9. The molecule has 33 heavy (non-hydrogen) atoms. The van der Waals surface area contributed by atoms with Gasteiger partial charge in [0.05, 0.1) is 29.3 Å². The number of benzene rings is 2. The summed E-state index contributed by atoms with van der Waals surface area (Å²) in [4.78, 5) is 32.2. The van der Waals surface area contributed by atoms with Gasteiger partial charge in [0.1, 0.15) is 11.5 Å². The lowest BCUT2D eigenvalue weighted by molar-refractivity contribution is -0.132. The minimum atomic E-state index is -0.871. The van der Waals surface area contributed by atoms with E-state index in [-0.39, 0.29) is 22.6 Å². The van der Waals surface area contributed by atoms with Crippen molar-refractivity contribution in [3.8, 4) is 5.75 Å². The van der Waals surface area contributed by atoms with E-state index in [9.17, 15) is 14.7 Å². The van der Waals surface area contributed by atoms with Crippen LogP contribution in [0.3, 0.4) is 0 Å². The molecule has 1 N–H and O–H groups in total. The Hall–Kier alpha value is -3.64. The summed E-state index contributed by atoms with van der Waals surface area (Å²) in [5.41, 5.74) is 4.01. The molecule has 1 amide bonds. The first kappa shape index (κ1) is 22.6. The second-order valence-corrected chi connectivity index (χ2v) is 8.48. The van der Waals surface area contributed by atoms with Crippen molar-refractivity contribution in [1.82, 2.24) is 4.98 Å². The van der Waals surface area contributed by atoms with Crippen molar-refractivity contribution in [2.24, 2.45) is 0 Å². The summed E-state index contributed by atoms with van der Waals surface area (Å²) in [6, 6.07) is 11.6. The van der Waals surface area contributed by atoms with Crippen LogP contribution in [0.2, 0.25) is 5.02 Å². The lowest BCUT2D eigenvalue weighted by atomic mass is 9.95. The number of aryl methyl sites for hydroxylation is 3. The molecule has 2 aromatic carbocycles. The first-order chi connectivity index (χ1) is 15.7. The van der Waals surface area contributed by atoms with Crippen LogP contribution in [0.25, 0.3) is 5.76 Å². The highest BCUT2D eigenvalue weighted by Gasteiger charge is 2.47. The molecule has 1 aromatic heterocycles. The molecule has 2 heterocycles. The standard InChI is InChI=1S/C26H23ClN2O4/c1-14-7-8-20(16(3)10-14)29-22(17-6-5-9-28-13-17)21(24(31)26(29)32)23(30)18-11-15(2)12-19(27)25(18)33-4/h5-13,22,30H,1-4H3/b23-21+. The van der Waals surface area contributed by atoms with Crippen LogP contribution in [0.15, 0.2) is 60.4 Å². The van der Waals surface area contributed by atoms with Crippen molar-refractivity contribution >= 4 is 34.7 Å². The Morgan fingerprint density at radius 3 is 2.48 bits per heavy atom. The first-order valence-electron chi connectivity index (χ1n) is 10.4. The normalized spacial score (nSPS) is 17.5. The van der Waals surface area contributed by atoms with Gasteiger partial charge in [-0.2, -0.15) is 0 Å². The average Bonchev–Trinajstić information content (AvgIpc) is 3.04. The minimum Gasteiger partial charge on any atom is -0.507 e. The third-order valence-electron chi connectivity index (χ3n) is 5.70. The number of ether oxygens (including phenoxy) is 1. The Morgan fingerprint density at radius 1 is 1.09 bits per heavy atom. The van der Waals surface area contributed by atoms with Crippen LogP contribution in [0.5, 0.6) is 5.75 Å². The number of aromatic nitrogens is 1. The number of methoxy groups -OCH3 is 1. The van der Waals surface area contributed by atoms with Gasteiger partial charge < -0.3 is 9.84 Å². The fraction of sp³-hybridized carbons (Fsp3) is 0.192. The summed E-state index contributed by atoms with van der Waals surface area (Å²) in [5.74, 6) is -1.64. The van der Waals surface area contributed by atoms with Gasteiger partial charge in [0.2, 0.25) is 0 Å². The summed E-state index contributed by atoms with van der Waals surface area (Å²) in [7, 11) is 1.43. The summed E-state index contributed by atoms with van der Waals surface area (Å²) < 4.78 is 5.41. The van der Waals surface area contributed by atoms with Crippen LogP contribution < -0.4 is 9.64 Å². The van der Waals surface area contributed by atoms with Crippen molar-refractivity contribution in [3.63, 3.8) is 0 Å². The number of pyridine rings is 1. The van der Waals surface area contributed by atoms with E-state index in [4.69, 9.17) is 16.3 Å². The highest BCUT2D eigenvalue weighted by Crippen LogP contribution is 2.45. The second-order valence-electron chi connectivity index (χ2n) is 8.07. The Morgan fingerprint density at radius 2 is 1.85 bits per heavy atom. The fourth-order valence-corrected chi connectivity index (χ4v) is 4.62. The fourth-order valence-electron chi connectivity index (χ4n) is 4.27. The quantitative estimate of drug-likeness (QED) is 0.323. The van der Waals surface area contributed by atoms with Crippen molar-refractivity contribution in [1.29, 1.82) is 0 Å². The summed E-state index contributed by atoms with van der Waals surface area (Å²) in [6.45, 7) is 5.65. The Bertz CT molecular complexity index is 1300. The van der Waals surface area contributed by atoms with Gasteiger partial charge in [-0.25, -0.2) is 0 Å². The second kappa shape index (κ2) is 8.71. The van der Waals surface area contributed by atoms with Gasteiger partial charge in [-0.05, 0) is 61.7 Å². The number of nitrogens with zero attached hydrogens (tertiary/aromatic N) is 2. The van der Waals surface area contributed by atoms with Crippen LogP contribution in [-0.2, 0) is 9.59 Å². The van der Waals surface area contributed by atoms with Crippen molar-refractivity contribution in [2.75, 3.05) is 12.0 Å². The first-order valence-corrected chi connectivity index (χ1v) is 10.7. The zero-order valence-electron chi connectivity index (χ0n) is 18.7. The number of carbonyl (C=O) groups is 2. The molecule has 0 saturated carbocycles. The number of aliphatic hydroxyl groups excluding tert-OH is 1. The number of anilines is 1. The molecule has 1 aliphatic heterocycles. The molecule has 1 fully saturated rings. The van der Waals surface area contributed by atoms with Crippen molar-refractivity contribution in [3.05, 3.63) is 93.3 Å². The molecule has 0 aliphatic carbocycles. The summed E-state index contributed by atoms with van der Waals surface area (Å²) in [6.07, 6.45) is 3.19. The smallest absolute Gasteiger partial charge is 0.300 e. The molecule has 4 rings (SSSR count). The molecule has 1 saturated heterocycles. The molecule has 1 aliphatic rings. The predicted molar refractivity (Wildman–Crippen MR) is 128 cm³/mol. The molecular formula is C26H23ClN2O4. The van der Waals surface area contributed by atoms with Gasteiger partial charge in [-0.3, -0.25) is 19.5 Å². The number of hydrogen-bond acceptors (Lipinski definition) is 5. The van der Waals surface area contributed by atoms with Gasteiger partial charge >= 0.3 is 0 Å². The van der Waals surface area contributed by atoms with Crippen LogP contribution in [0.4, 0.5) is 5.69 Å². The molecule has 0 spiro atoms.